The Labute approximate surface area is 128 Å². The van der Waals surface area contributed by atoms with Crippen molar-refractivity contribution in [2.75, 3.05) is 20.7 Å². The van der Waals surface area contributed by atoms with Gasteiger partial charge in [-0.3, -0.25) is 0 Å². The topological polar surface area (TPSA) is 59.7 Å². The lowest BCUT2D eigenvalue weighted by Crippen LogP contribution is -2.32. The zero-order chi connectivity index (χ0) is 16.3. The third-order valence-electron chi connectivity index (χ3n) is 3.10. The molecule has 0 fully saturated rings. The maximum Gasteiger partial charge on any atom is 0.414 e. The Morgan fingerprint density at radius 3 is 2.64 bits per heavy atom. The average Bonchev–Trinajstić information content (AvgIpc) is 2.47. The molecule has 0 atom stereocenters. The predicted molar refractivity (Wildman–Crippen MR) is 80.8 cm³/mol. The number of amides is 1. The normalized spacial score (nSPS) is 10.4. The maximum absolute atomic E-state index is 11.9. The smallest absolute Gasteiger partial charge is 0.414 e. The minimum atomic E-state index is -0.457. The van der Waals surface area contributed by atoms with Crippen molar-refractivity contribution in [3.63, 3.8) is 0 Å². The highest BCUT2D eigenvalue weighted by Crippen LogP contribution is 2.23. The van der Waals surface area contributed by atoms with Crippen LogP contribution < -0.4 is 9.30 Å². The number of carbonyl (C=O) groups is 2. The molecular formula is C16H19N2O4+. The van der Waals surface area contributed by atoms with Gasteiger partial charge in [-0.2, -0.15) is 4.57 Å². The number of fused-ring (bicyclic) bond motifs is 1. The van der Waals surface area contributed by atoms with Gasteiger partial charge in [0, 0.05) is 14.1 Å². The van der Waals surface area contributed by atoms with Gasteiger partial charge >= 0.3 is 12.1 Å². The van der Waals surface area contributed by atoms with E-state index < -0.39 is 6.09 Å². The van der Waals surface area contributed by atoms with Crippen LogP contribution >= 0.6 is 0 Å². The van der Waals surface area contributed by atoms with Crippen LogP contribution in [0.15, 0.2) is 30.5 Å². The van der Waals surface area contributed by atoms with Gasteiger partial charge in [0.15, 0.2) is 6.20 Å². The van der Waals surface area contributed by atoms with Crippen LogP contribution in [0.1, 0.15) is 17.3 Å². The standard InChI is InChI=1S/C16H19N2O4/c1-5-21-15(19)12-9-11-7-6-8-13(14(11)18(4)10-12)22-16(20)17(2)3/h6-10H,5H2,1-4H3/q+1. The minimum absolute atomic E-state index is 0.321. The number of rotatable bonds is 3. The molecule has 0 aliphatic heterocycles. The second-order valence-electron chi connectivity index (χ2n) is 5.02. The lowest BCUT2D eigenvalue weighted by molar-refractivity contribution is -0.645. The summed E-state index contributed by atoms with van der Waals surface area (Å²) >= 11 is 0. The number of nitrogens with zero attached hydrogens (tertiary/aromatic N) is 2. The van der Waals surface area contributed by atoms with Crippen LogP contribution in [-0.2, 0) is 11.8 Å². The summed E-state index contributed by atoms with van der Waals surface area (Å²) in [5.74, 6) is 0.0600. The molecule has 0 N–H and O–H groups in total. The Morgan fingerprint density at radius 1 is 1.27 bits per heavy atom. The number of aryl methyl sites for hydroxylation is 1. The summed E-state index contributed by atoms with van der Waals surface area (Å²) in [5, 5.41) is 0.789. The molecular weight excluding hydrogens is 284 g/mol. The molecule has 6 heteroatoms. The Bertz CT molecular complexity index is 725. The molecule has 116 valence electrons. The molecule has 0 unspecified atom stereocenters. The lowest BCUT2D eigenvalue weighted by atomic mass is 10.1. The maximum atomic E-state index is 11.9. The van der Waals surface area contributed by atoms with Gasteiger partial charge in [-0.05, 0) is 25.1 Å². The summed E-state index contributed by atoms with van der Waals surface area (Å²) in [5.41, 5.74) is 1.18. The number of para-hydroxylation sites is 1. The molecule has 0 aliphatic carbocycles. The average molecular weight is 303 g/mol. The molecule has 1 aromatic carbocycles. The first kappa shape index (κ1) is 15.8. The van der Waals surface area contributed by atoms with Crippen molar-refractivity contribution in [1.29, 1.82) is 0 Å². The number of esters is 1. The highest BCUT2D eigenvalue weighted by atomic mass is 16.6. The molecule has 1 amide bonds. The third-order valence-corrected chi connectivity index (χ3v) is 3.10. The molecule has 1 aromatic heterocycles. The molecule has 1 heterocycles. The van der Waals surface area contributed by atoms with Crippen LogP contribution in [0.4, 0.5) is 4.79 Å². The van der Waals surface area contributed by atoms with Crippen LogP contribution in [-0.4, -0.2) is 37.7 Å². The van der Waals surface area contributed by atoms with Crippen molar-refractivity contribution in [3.05, 3.63) is 36.0 Å². The van der Waals surface area contributed by atoms with E-state index in [1.165, 1.54) is 4.90 Å². The summed E-state index contributed by atoms with van der Waals surface area (Å²) in [7, 11) is 5.02. The molecule has 22 heavy (non-hydrogen) atoms. The molecule has 6 nitrogen and oxygen atoms in total. The fourth-order valence-corrected chi connectivity index (χ4v) is 2.10. The second kappa shape index (κ2) is 6.43. The number of pyridine rings is 1. The van der Waals surface area contributed by atoms with E-state index in [9.17, 15) is 9.59 Å². The van der Waals surface area contributed by atoms with E-state index >= 15 is 0 Å². The van der Waals surface area contributed by atoms with Crippen molar-refractivity contribution in [1.82, 2.24) is 4.90 Å². The van der Waals surface area contributed by atoms with E-state index in [1.54, 1.807) is 57.0 Å². The van der Waals surface area contributed by atoms with Crippen LogP contribution in [0.25, 0.3) is 10.9 Å². The van der Waals surface area contributed by atoms with Crippen molar-refractivity contribution >= 4 is 23.0 Å². The van der Waals surface area contributed by atoms with E-state index in [-0.39, 0.29) is 5.97 Å². The largest absolute Gasteiger partial charge is 0.462 e. The molecule has 0 saturated heterocycles. The van der Waals surface area contributed by atoms with E-state index in [1.807, 2.05) is 6.07 Å². The van der Waals surface area contributed by atoms with Crippen molar-refractivity contribution < 1.29 is 23.6 Å². The molecule has 0 radical (unpaired) electrons. The van der Waals surface area contributed by atoms with Crippen LogP contribution in [0, 0.1) is 0 Å². The zero-order valence-corrected chi connectivity index (χ0v) is 13.1. The van der Waals surface area contributed by atoms with Gasteiger partial charge in [-0.1, -0.05) is 6.07 Å². The van der Waals surface area contributed by atoms with Gasteiger partial charge in [0.2, 0.25) is 5.75 Å². The number of aromatic nitrogens is 1. The van der Waals surface area contributed by atoms with Crippen molar-refractivity contribution in [2.45, 2.75) is 6.92 Å². The Morgan fingerprint density at radius 2 is 2.00 bits per heavy atom. The summed E-state index contributed by atoms with van der Waals surface area (Å²) < 4.78 is 12.1. The molecule has 0 saturated carbocycles. The quantitative estimate of drug-likeness (QED) is 0.642. The number of hydrogen-bond donors (Lipinski definition) is 0. The fraction of sp³-hybridized carbons (Fsp3) is 0.312. The summed E-state index contributed by atoms with van der Waals surface area (Å²) in [6.07, 6.45) is 1.20. The monoisotopic (exact) mass is 303 g/mol. The Kier molecular flexibility index (Phi) is 4.60. The molecule has 2 aromatic rings. The predicted octanol–water partition coefficient (Wildman–Crippen LogP) is 1.90. The van der Waals surface area contributed by atoms with Gasteiger partial charge in [-0.25, -0.2) is 9.59 Å². The first-order valence-electron chi connectivity index (χ1n) is 6.92. The first-order chi connectivity index (χ1) is 10.4. The van der Waals surface area contributed by atoms with E-state index in [2.05, 4.69) is 0 Å². The molecule has 2 rings (SSSR count). The lowest BCUT2D eigenvalue weighted by Gasteiger charge is -2.11. The van der Waals surface area contributed by atoms with Crippen molar-refractivity contribution in [3.8, 4) is 5.75 Å². The fourth-order valence-electron chi connectivity index (χ4n) is 2.10. The first-order valence-corrected chi connectivity index (χ1v) is 6.92. The second-order valence-corrected chi connectivity index (χ2v) is 5.02. The number of benzene rings is 1. The SMILES string of the molecule is CCOC(=O)c1cc2cccc(OC(=O)N(C)C)c2[n+](C)c1. The highest BCUT2D eigenvalue weighted by molar-refractivity contribution is 5.94. The molecule has 0 spiro atoms. The highest BCUT2D eigenvalue weighted by Gasteiger charge is 2.20. The van der Waals surface area contributed by atoms with E-state index in [0.717, 1.165) is 10.9 Å². The van der Waals surface area contributed by atoms with Gasteiger partial charge in [0.1, 0.15) is 12.6 Å². The third kappa shape index (κ3) is 3.16. The van der Waals surface area contributed by atoms with E-state index in [4.69, 9.17) is 9.47 Å². The zero-order valence-electron chi connectivity index (χ0n) is 13.1. The Hall–Kier alpha value is -2.63. The van der Waals surface area contributed by atoms with Gasteiger partial charge < -0.3 is 14.4 Å². The number of hydrogen-bond acceptors (Lipinski definition) is 4. The molecule has 0 bridgehead atoms. The summed E-state index contributed by atoms with van der Waals surface area (Å²) in [6.45, 7) is 2.08. The van der Waals surface area contributed by atoms with Gasteiger partial charge in [0.25, 0.3) is 5.52 Å². The minimum Gasteiger partial charge on any atom is -0.462 e. The molecule has 0 aliphatic rings. The number of carbonyl (C=O) groups excluding carboxylic acids is 2. The van der Waals surface area contributed by atoms with E-state index in [0.29, 0.717) is 17.9 Å². The van der Waals surface area contributed by atoms with Crippen LogP contribution in [0.5, 0.6) is 5.75 Å². The van der Waals surface area contributed by atoms with Gasteiger partial charge in [-0.15, -0.1) is 0 Å². The van der Waals surface area contributed by atoms with Crippen LogP contribution in [0.2, 0.25) is 0 Å². The summed E-state index contributed by atoms with van der Waals surface area (Å²) in [4.78, 5) is 25.0. The van der Waals surface area contributed by atoms with Crippen LogP contribution in [0.3, 0.4) is 0 Å². The summed E-state index contributed by atoms with van der Waals surface area (Å²) in [6, 6.07) is 7.06. The number of ether oxygens (including phenoxy) is 2. The van der Waals surface area contributed by atoms with Crippen molar-refractivity contribution in [2.24, 2.45) is 7.05 Å². The van der Waals surface area contributed by atoms with Gasteiger partial charge in [0.05, 0.1) is 12.0 Å². The Balaban J connectivity index is 2.50.